The van der Waals surface area contributed by atoms with Crippen LogP contribution in [0.1, 0.15) is 11.1 Å². The van der Waals surface area contributed by atoms with E-state index >= 15 is 0 Å². The quantitative estimate of drug-likeness (QED) is 0.522. The van der Waals surface area contributed by atoms with E-state index in [1.54, 1.807) is 12.1 Å². The maximum absolute atomic E-state index is 7.27. The van der Waals surface area contributed by atoms with Crippen LogP contribution in [0.4, 0.5) is 11.4 Å². The Bertz CT molecular complexity index is 203. The van der Waals surface area contributed by atoms with Gasteiger partial charge in [0.2, 0.25) is 0 Å². The lowest BCUT2D eigenvalue weighted by Gasteiger charge is -2.02. The molecule has 10 heavy (non-hydrogen) atoms. The molecule has 2 radical (unpaired) electrons. The zero-order chi connectivity index (χ0) is 7.72. The van der Waals surface area contributed by atoms with Gasteiger partial charge in [0.05, 0.1) is 11.4 Å². The molecular formula is C8H10N2. The summed E-state index contributed by atoms with van der Waals surface area (Å²) < 4.78 is 0. The van der Waals surface area contributed by atoms with E-state index in [4.69, 9.17) is 11.5 Å². The number of hydrogen-bond donors (Lipinski definition) is 0. The van der Waals surface area contributed by atoms with Crippen LogP contribution in [0.3, 0.4) is 0 Å². The molecule has 0 unspecified atom stereocenters. The molecule has 2 nitrogen and oxygen atoms in total. The fraction of sp³-hybridized carbons (Fsp3) is 0.250. The van der Waals surface area contributed by atoms with Crippen LogP contribution in [0.2, 0.25) is 0 Å². The van der Waals surface area contributed by atoms with Gasteiger partial charge in [-0.15, -0.1) is 0 Å². The highest BCUT2D eigenvalue weighted by atomic mass is 14.7. The van der Waals surface area contributed by atoms with Crippen LogP contribution in [-0.4, -0.2) is 0 Å². The molecule has 0 amide bonds. The molecule has 0 saturated carbocycles. The molecule has 2 N–H and O–H groups in total. The predicted molar refractivity (Wildman–Crippen MR) is 41.4 cm³/mol. The van der Waals surface area contributed by atoms with Crippen molar-refractivity contribution in [2.45, 2.75) is 13.8 Å². The van der Waals surface area contributed by atoms with Gasteiger partial charge in [0.15, 0.2) is 0 Å². The molecule has 0 aromatic heterocycles. The molecular weight excluding hydrogens is 124 g/mol. The van der Waals surface area contributed by atoms with Crippen molar-refractivity contribution >= 4 is 11.4 Å². The Kier molecular flexibility index (Phi) is 1.53. The van der Waals surface area contributed by atoms with Gasteiger partial charge in [-0.25, -0.2) is 0 Å². The molecule has 0 bridgehead atoms. The second-order valence-corrected chi connectivity index (χ2v) is 2.48. The lowest BCUT2D eigenvalue weighted by atomic mass is 10.1. The fourth-order valence-electron chi connectivity index (χ4n) is 0.816. The first kappa shape index (κ1) is 6.93. The summed E-state index contributed by atoms with van der Waals surface area (Å²) in [4.78, 5) is 0. The summed E-state index contributed by atoms with van der Waals surface area (Å²) in [7, 11) is 0. The number of nitrogens with one attached hydrogen (secondary N) is 2. The van der Waals surface area contributed by atoms with Gasteiger partial charge in [-0.2, -0.15) is 0 Å². The Labute approximate surface area is 60.8 Å². The Morgan fingerprint density at radius 2 is 1.20 bits per heavy atom. The van der Waals surface area contributed by atoms with Crippen molar-refractivity contribution in [3.63, 3.8) is 0 Å². The van der Waals surface area contributed by atoms with E-state index in [2.05, 4.69) is 0 Å². The third-order valence-corrected chi connectivity index (χ3v) is 1.63. The normalized spacial score (nSPS) is 9.80. The van der Waals surface area contributed by atoms with Crippen LogP contribution in [0.15, 0.2) is 12.1 Å². The molecule has 52 valence electrons. The summed E-state index contributed by atoms with van der Waals surface area (Å²) in [5.41, 5.74) is 17.3. The Balaban J connectivity index is 3.28. The van der Waals surface area contributed by atoms with Crippen molar-refractivity contribution in [1.29, 1.82) is 0 Å². The van der Waals surface area contributed by atoms with Gasteiger partial charge in [0.25, 0.3) is 0 Å². The molecule has 1 aromatic rings. The first-order valence-electron chi connectivity index (χ1n) is 3.15. The van der Waals surface area contributed by atoms with Gasteiger partial charge in [0, 0.05) is 0 Å². The van der Waals surface area contributed by atoms with Gasteiger partial charge in [-0.3, -0.25) is 11.5 Å². The Morgan fingerprint density at radius 1 is 0.900 bits per heavy atom. The molecule has 0 aliphatic heterocycles. The van der Waals surface area contributed by atoms with Crippen molar-refractivity contribution in [1.82, 2.24) is 11.5 Å². The second kappa shape index (κ2) is 2.21. The first-order valence-corrected chi connectivity index (χ1v) is 3.15. The monoisotopic (exact) mass is 134 g/mol. The second-order valence-electron chi connectivity index (χ2n) is 2.48. The number of hydrogen-bond acceptors (Lipinski definition) is 0. The van der Waals surface area contributed by atoms with Crippen molar-refractivity contribution in [3.05, 3.63) is 23.3 Å². The van der Waals surface area contributed by atoms with E-state index in [0.29, 0.717) is 11.4 Å². The molecule has 0 fully saturated rings. The van der Waals surface area contributed by atoms with E-state index < -0.39 is 0 Å². The van der Waals surface area contributed by atoms with Crippen molar-refractivity contribution in [2.75, 3.05) is 0 Å². The zero-order valence-corrected chi connectivity index (χ0v) is 6.15. The smallest absolute Gasteiger partial charge is 0.0792 e. The minimum absolute atomic E-state index is 0.308. The highest BCUT2D eigenvalue weighted by Gasteiger charge is 1.98. The third kappa shape index (κ3) is 1.05. The van der Waals surface area contributed by atoms with Crippen LogP contribution in [-0.2, 0) is 0 Å². The zero-order valence-electron chi connectivity index (χ0n) is 6.15. The van der Waals surface area contributed by atoms with Crippen LogP contribution >= 0.6 is 0 Å². The van der Waals surface area contributed by atoms with E-state index in [0.717, 1.165) is 11.1 Å². The number of rotatable bonds is 0. The molecule has 0 aliphatic carbocycles. The molecule has 0 aliphatic rings. The van der Waals surface area contributed by atoms with E-state index in [1.165, 1.54) is 0 Å². The van der Waals surface area contributed by atoms with Crippen molar-refractivity contribution in [3.8, 4) is 0 Å². The van der Waals surface area contributed by atoms with Gasteiger partial charge >= 0.3 is 0 Å². The Hall–Kier alpha value is -1.18. The maximum Gasteiger partial charge on any atom is 0.0792 e. The lowest BCUT2D eigenvalue weighted by Crippen LogP contribution is -1.83. The van der Waals surface area contributed by atoms with E-state index in [1.807, 2.05) is 13.8 Å². The average Bonchev–Trinajstić information content (AvgIpc) is 1.84. The maximum atomic E-state index is 7.27. The third-order valence-electron chi connectivity index (χ3n) is 1.63. The van der Waals surface area contributed by atoms with Crippen LogP contribution in [0, 0.1) is 13.8 Å². The van der Waals surface area contributed by atoms with Crippen molar-refractivity contribution < 1.29 is 0 Å². The molecule has 0 saturated heterocycles. The van der Waals surface area contributed by atoms with E-state index in [9.17, 15) is 0 Å². The summed E-state index contributed by atoms with van der Waals surface area (Å²) in [6, 6.07) is 3.44. The SMILES string of the molecule is Cc1cc([NH])c([NH])cc1C. The number of aryl methyl sites for hydroxylation is 2. The van der Waals surface area contributed by atoms with Crippen LogP contribution < -0.4 is 11.5 Å². The van der Waals surface area contributed by atoms with Gasteiger partial charge in [0.1, 0.15) is 0 Å². The summed E-state index contributed by atoms with van der Waals surface area (Å²) in [6.45, 7) is 3.90. The molecule has 0 heterocycles. The highest BCUT2D eigenvalue weighted by molar-refractivity contribution is 5.61. The molecule has 0 atom stereocenters. The Morgan fingerprint density at radius 3 is 1.50 bits per heavy atom. The minimum Gasteiger partial charge on any atom is -0.299 e. The first-order chi connectivity index (χ1) is 4.61. The molecule has 1 rings (SSSR count). The molecule has 1 aromatic carbocycles. The minimum atomic E-state index is 0.308. The van der Waals surface area contributed by atoms with Crippen LogP contribution in [0.5, 0.6) is 0 Å². The topological polar surface area (TPSA) is 47.6 Å². The highest BCUT2D eigenvalue weighted by Crippen LogP contribution is 2.21. The molecule has 0 spiro atoms. The summed E-state index contributed by atoms with van der Waals surface area (Å²) in [5.74, 6) is 0. The van der Waals surface area contributed by atoms with Crippen molar-refractivity contribution in [2.24, 2.45) is 0 Å². The molecule has 2 heteroatoms. The van der Waals surface area contributed by atoms with Crippen LogP contribution in [0.25, 0.3) is 0 Å². The predicted octanol–water partition coefficient (Wildman–Crippen LogP) is 2.13. The lowest BCUT2D eigenvalue weighted by molar-refractivity contribution is 1.29. The van der Waals surface area contributed by atoms with Gasteiger partial charge in [-0.05, 0) is 37.1 Å². The average molecular weight is 134 g/mol. The standard InChI is InChI=1S/C8H10N2/c1-5-3-7(9)8(10)4-6(5)2/h3-4,9-10H,1-2H3. The largest absolute Gasteiger partial charge is 0.299 e. The number of benzene rings is 1. The van der Waals surface area contributed by atoms with Gasteiger partial charge < -0.3 is 0 Å². The summed E-state index contributed by atoms with van der Waals surface area (Å²) >= 11 is 0. The van der Waals surface area contributed by atoms with E-state index in [-0.39, 0.29) is 0 Å². The fourth-order valence-corrected chi connectivity index (χ4v) is 0.816. The van der Waals surface area contributed by atoms with Gasteiger partial charge in [-0.1, -0.05) is 0 Å². The summed E-state index contributed by atoms with van der Waals surface area (Å²) in [6.07, 6.45) is 0. The summed E-state index contributed by atoms with van der Waals surface area (Å²) in [5, 5.41) is 0.